The predicted octanol–water partition coefficient (Wildman–Crippen LogP) is 4.23. The standard InChI is InChI=1S/C7H8O3.C6H14O.C6H12O/c1-2-6-7(9)5(8)3-4-10-6;2*1-2-3-4-5-6-7/h3-4,9H,2H2,1H3;7H,2-6H2,1H3;6H,2-5H2,1H3. The number of hydrogen-bond acceptors (Lipinski definition) is 5. The molecule has 0 saturated carbocycles. The largest absolute Gasteiger partial charge is 0.502 e. The SMILES string of the molecule is CCCCCC=O.CCCCCCO.CCc1occc(=O)c1O. The van der Waals surface area contributed by atoms with Gasteiger partial charge in [0, 0.05) is 25.5 Å². The molecule has 1 aromatic heterocycles. The number of carbonyl (C=O) groups excluding carboxylic acids is 1. The second-order valence-corrected chi connectivity index (χ2v) is 5.36. The van der Waals surface area contributed by atoms with Crippen LogP contribution in [0.25, 0.3) is 0 Å². The van der Waals surface area contributed by atoms with Gasteiger partial charge >= 0.3 is 0 Å². The average molecular weight is 342 g/mol. The van der Waals surface area contributed by atoms with Crippen LogP contribution in [0.2, 0.25) is 0 Å². The molecule has 0 saturated heterocycles. The van der Waals surface area contributed by atoms with Crippen LogP contribution in [0.1, 0.15) is 77.9 Å². The number of aliphatic hydroxyl groups excluding tert-OH is 1. The molecular weight excluding hydrogens is 308 g/mol. The summed E-state index contributed by atoms with van der Waals surface area (Å²) in [6.07, 6.45) is 11.7. The first-order valence-corrected chi connectivity index (χ1v) is 8.92. The van der Waals surface area contributed by atoms with Crippen LogP contribution >= 0.6 is 0 Å². The molecule has 0 aliphatic rings. The van der Waals surface area contributed by atoms with Crippen molar-refractivity contribution in [3.63, 3.8) is 0 Å². The quantitative estimate of drug-likeness (QED) is 0.518. The molecule has 0 aliphatic heterocycles. The van der Waals surface area contributed by atoms with Gasteiger partial charge in [-0.15, -0.1) is 0 Å². The number of aromatic hydroxyl groups is 1. The number of aliphatic hydroxyl groups is 1. The number of carbonyl (C=O) groups is 1. The van der Waals surface area contributed by atoms with Gasteiger partial charge in [-0.3, -0.25) is 4.79 Å². The molecule has 0 amide bonds. The monoisotopic (exact) mass is 342 g/mol. The van der Waals surface area contributed by atoms with Crippen LogP contribution in [0.5, 0.6) is 5.75 Å². The fraction of sp³-hybridized carbons (Fsp3) is 0.684. The summed E-state index contributed by atoms with van der Waals surface area (Å²) in [6.45, 7) is 6.46. The zero-order valence-electron chi connectivity index (χ0n) is 15.4. The third-order valence-corrected chi connectivity index (χ3v) is 3.19. The Morgan fingerprint density at radius 3 is 2.12 bits per heavy atom. The third kappa shape index (κ3) is 15.3. The highest BCUT2D eigenvalue weighted by atomic mass is 16.4. The van der Waals surface area contributed by atoms with Gasteiger partial charge in [-0.25, -0.2) is 0 Å². The van der Waals surface area contributed by atoms with Crippen molar-refractivity contribution in [1.29, 1.82) is 0 Å². The van der Waals surface area contributed by atoms with E-state index in [4.69, 9.17) is 14.6 Å². The van der Waals surface area contributed by atoms with Gasteiger partial charge in [0.25, 0.3) is 0 Å². The maximum Gasteiger partial charge on any atom is 0.226 e. The minimum absolute atomic E-state index is 0.273. The molecule has 0 bridgehead atoms. The molecule has 140 valence electrons. The Morgan fingerprint density at radius 2 is 1.67 bits per heavy atom. The van der Waals surface area contributed by atoms with Crippen molar-refractivity contribution in [2.75, 3.05) is 6.61 Å². The topological polar surface area (TPSA) is 87.7 Å². The van der Waals surface area contributed by atoms with E-state index >= 15 is 0 Å². The fourth-order valence-electron chi connectivity index (χ4n) is 1.72. The van der Waals surface area contributed by atoms with Crippen LogP contribution in [0.3, 0.4) is 0 Å². The van der Waals surface area contributed by atoms with Crippen molar-refractivity contribution >= 4 is 6.29 Å². The Balaban J connectivity index is 0. The van der Waals surface area contributed by atoms with E-state index in [1.807, 2.05) is 0 Å². The average Bonchev–Trinajstić information content (AvgIpc) is 2.59. The molecule has 5 nitrogen and oxygen atoms in total. The summed E-state index contributed by atoms with van der Waals surface area (Å²) in [5.74, 6) is 0.0671. The Kier molecular flexibility index (Phi) is 19.9. The molecule has 0 fully saturated rings. The maximum absolute atomic E-state index is 10.7. The van der Waals surface area contributed by atoms with Gasteiger partial charge in [0.2, 0.25) is 11.2 Å². The van der Waals surface area contributed by atoms with E-state index in [1.165, 1.54) is 44.4 Å². The summed E-state index contributed by atoms with van der Waals surface area (Å²) in [5.41, 5.74) is -0.386. The third-order valence-electron chi connectivity index (χ3n) is 3.19. The zero-order chi connectivity index (χ0) is 18.6. The molecule has 0 unspecified atom stereocenters. The van der Waals surface area contributed by atoms with Crippen molar-refractivity contribution in [1.82, 2.24) is 0 Å². The smallest absolute Gasteiger partial charge is 0.226 e. The summed E-state index contributed by atoms with van der Waals surface area (Å²) in [7, 11) is 0. The lowest BCUT2D eigenvalue weighted by atomic mass is 10.2. The zero-order valence-corrected chi connectivity index (χ0v) is 15.4. The van der Waals surface area contributed by atoms with Crippen LogP contribution < -0.4 is 5.43 Å². The highest BCUT2D eigenvalue weighted by molar-refractivity contribution is 5.48. The molecule has 0 aliphatic carbocycles. The first-order chi connectivity index (χ1) is 11.6. The highest BCUT2D eigenvalue weighted by Gasteiger charge is 2.02. The van der Waals surface area contributed by atoms with E-state index in [1.54, 1.807) is 6.92 Å². The van der Waals surface area contributed by atoms with Gasteiger partial charge in [-0.2, -0.15) is 0 Å². The number of aldehydes is 1. The van der Waals surface area contributed by atoms with Gasteiger partial charge in [0.1, 0.15) is 12.0 Å². The molecule has 2 N–H and O–H groups in total. The molecule has 1 heterocycles. The van der Waals surface area contributed by atoms with Crippen molar-refractivity contribution < 1.29 is 19.4 Å². The van der Waals surface area contributed by atoms with Crippen LogP contribution in [0.15, 0.2) is 21.5 Å². The molecule has 24 heavy (non-hydrogen) atoms. The van der Waals surface area contributed by atoms with Crippen LogP contribution in [-0.2, 0) is 11.2 Å². The fourth-order valence-corrected chi connectivity index (χ4v) is 1.72. The van der Waals surface area contributed by atoms with E-state index in [9.17, 15) is 9.59 Å². The second-order valence-electron chi connectivity index (χ2n) is 5.36. The first-order valence-electron chi connectivity index (χ1n) is 8.92. The minimum atomic E-state index is -0.386. The number of rotatable bonds is 9. The Bertz CT molecular complexity index is 436. The van der Waals surface area contributed by atoms with Crippen LogP contribution in [0.4, 0.5) is 0 Å². The molecule has 0 atom stereocenters. The van der Waals surface area contributed by atoms with Gasteiger partial charge in [0.05, 0.1) is 6.26 Å². The lowest BCUT2D eigenvalue weighted by molar-refractivity contribution is -0.107. The molecule has 0 spiro atoms. The van der Waals surface area contributed by atoms with E-state index in [2.05, 4.69) is 13.8 Å². The Morgan fingerprint density at radius 1 is 1.04 bits per heavy atom. The van der Waals surface area contributed by atoms with Crippen LogP contribution in [-0.4, -0.2) is 23.1 Å². The van der Waals surface area contributed by atoms with E-state index in [-0.39, 0.29) is 11.2 Å². The van der Waals surface area contributed by atoms with Gasteiger partial charge in [-0.1, -0.05) is 52.9 Å². The summed E-state index contributed by atoms with van der Waals surface area (Å²) < 4.78 is 4.84. The van der Waals surface area contributed by atoms with Gasteiger partial charge in [0.15, 0.2) is 0 Å². The van der Waals surface area contributed by atoms with Crippen molar-refractivity contribution in [2.45, 2.75) is 78.6 Å². The Labute approximate surface area is 145 Å². The minimum Gasteiger partial charge on any atom is -0.502 e. The number of aryl methyl sites for hydroxylation is 1. The van der Waals surface area contributed by atoms with E-state index in [0.717, 1.165) is 25.5 Å². The second kappa shape index (κ2) is 19.4. The summed E-state index contributed by atoms with van der Waals surface area (Å²) in [4.78, 5) is 20.4. The molecule has 1 rings (SSSR count). The predicted molar refractivity (Wildman–Crippen MR) is 97.5 cm³/mol. The van der Waals surface area contributed by atoms with Crippen molar-refractivity contribution in [2.24, 2.45) is 0 Å². The molecule has 0 aromatic carbocycles. The molecule has 5 heteroatoms. The summed E-state index contributed by atoms with van der Waals surface area (Å²) in [6, 6.07) is 1.19. The van der Waals surface area contributed by atoms with Crippen molar-refractivity contribution in [3.8, 4) is 5.75 Å². The summed E-state index contributed by atoms with van der Waals surface area (Å²) >= 11 is 0. The van der Waals surface area contributed by atoms with Gasteiger partial charge < -0.3 is 19.4 Å². The number of unbranched alkanes of at least 4 members (excludes halogenated alkanes) is 6. The maximum atomic E-state index is 10.7. The molecule has 1 aromatic rings. The first kappa shape index (κ1) is 24.6. The Hall–Kier alpha value is -1.62. The van der Waals surface area contributed by atoms with E-state index < -0.39 is 0 Å². The normalized spacial score (nSPS) is 9.33. The lowest BCUT2D eigenvalue weighted by Gasteiger charge is -1.95. The van der Waals surface area contributed by atoms with E-state index in [0.29, 0.717) is 18.8 Å². The highest BCUT2D eigenvalue weighted by Crippen LogP contribution is 2.09. The van der Waals surface area contributed by atoms with Gasteiger partial charge in [-0.05, 0) is 12.8 Å². The molecule has 0 radical (unpaired) electrons. The lowest BCUT2D eigenvalue weighted by Crippen LogP contribution is -1.99. The van der Waals surface area contributed by atoms with Crippen LogP contribution in [0, 0.1) is 0 Å². The summed E-state index contributed by atoms with van der Waals surface area (Å²) in [5, 5.41) is 17.3. The van der Waals surface area contributed by atoms with Crippen molar-refractivity contribution in [3.05, 3.63) is 28.3 Å². The number of hydrogen-bond donors (Lipinski definition) is 2. The molecular formula is C19H34O5.